The van der Waals surface area contributed by atoms with Gasteiger partial charge in [0, 0.05) is 42.8 Å². The van der Waals surface area contributed by atoms with Gasteiger partial charge in [0.15, 0.2) is 0 Å². The first-order valence-corrected chi connectivity index (χ1v) is 8.87. The zero-order chi connectivity index (χ0) is 18.8. The molecule has 27 heavy (non-hydrogen) atoms. The number of aryl methyl sites for hydroxylation is 2. The molecule has 0 aliphatic carbocycles. The van der Waals surface area contributed by atoms with Crippen molar-refractivity contribution in [2.45, 2.75) is 20.4 Å². The van der Waals surface area contributed by atoms with Crippen LogP contribution in [-0.4, -0.2) is 56.8 Å². The Morgan fingerprint density at radius 3 is 2.89 bits per heavy atom. The van der Waals surface area contributed by atoms with E-state index in [1.54, 1.807) is 10.7 Å². The zero-order valence-corrected chi connectivity index (χ0v) is 15.3. The molecule has 0 radical (unpaired) electrons. The van der Waals surface area contributed by atoms with E-state index < -0.39 is 0 Å². The summed E-state index contributed by atoms with van der Waals surface area (Å²) in [5.74, 6) is 1.06. The van der Waals surface area contributed by atoms with Crippen LogP contribution in [0, 0.1) is 13.8 Å². The van der Waals surface area contributed by atoms with E-state index >= 15 is 0 Å². The first kappa shape index (κ1) is 17.3. The van der Waals surface area contributed by atoms with Gasteiger partial charge in [-0.3, -0.25) is 4.79 Å². The Labute approximate surface area is 156 Å². The number of amides is 1. The van der Waals surface area contributed by atoms with Gasteiger partial charge in [-0.2, -0.15) is 4.98 Å². The van der Waals surface area contributed by atoms with Crippen LogP contribution in [0.2, 0.25) is 0 Å². The van der Waals surface area contributed by atoms with Crippen LogP contribution >= 0.6 is 0 Å². The Bertz CT molecular complexity index is 979. The van der Waals surface area contributed by atoms with Gasteiger partial charge in [0.25, 0.3) is 11.7 Å². The number of anilines is 1. The van der Waals surface area contributed by atoms with Crippen LogP contribution in [0.15, 0.2) is 24.4 Å². The molecule has 1 N–H and O–H groups in total. The molecule has 4 heterocycles. The van der Waals surface area contributed by atoms with Crippen LogP contribution in [0.5, 0.6) is 0 Å². The third-order valence-corrected chi connectivity index (χ3v) is 4.44. The molecule has 0 bridgehead atoms. The highest BCUT2D eigenvalue weighted by molar-refractivity contribution is 5.90. The zero-order valence-electron chi connectivity index (χ0n) is 15.3. The van der Waals surface area contributed by atoms with Gasteiger partial charge in [0.05, 0.1) is 13.2 Å². The highest BCUT2D eigenvalue weighted by Crippen LogP contribution is 2.18. The summed E-state index contributed by atoms with van der Waals surface area (Å²) >= 11 is 0. The van der Waals surface area contributed by atoms with Crippen LogP contribution in [0.25, 0.3) is 5.78 Å². The van der Waals surface area contributed by atoms with Crippen molar-refractivity contribution in [1.29, 1.82) is 0 Å². The van der Waals surface area contributed by atoms with Crippen molar-refractivity contribution in [2.75, 3.05) is 31.2 Å². The Kier molecular flexibility index (Phi) is 4.68. The maximum Gasteiger partial charge on any atom is 0.291 e. The smallest absolute Gasteiger partial charge is 0.291 e. The predicted molar refractivity (Wildman–Crippen MR) is 98.7 cm³/mol. The number of rotatable bonds is 4. The summed E-state index contributed by atoms with van der Waals surface area (Å²) in [4.78, 5) is 27.8. The molecule has 3 aromatic rings. The lowest BCUT2D eigenvalue weighted by atomic mass is 10.2. The lowest BCUT2D eigenvalue weighted by Crippen LogP contribution is -2.38. The van der Waals surface area contributed by atoms with Gasteiger partial charge in [0.2, 0.25) is 5.82 Å². The van der Waals surface area contributed by atoms with Crippen molar-refractivity contribution in [1.82, 2.24) is 29.9 Å². The van der Waals surface area contributed by atoms with Crippen LogP contribution in [0.1, 0.15) is 27.6 Å². The minimum atomic E-state index is -0.339. The standard InChI is InChI=1S/C18H21N7O2/c1-12-10-13(2)25-18(21-12)22-15(23-25)17(26)20-11-14-4-3-5-19-16(14)24-6-8-27-9-7-24/h3-5,10H,6-9,11H2,1-2H3,(H,20,26). The Balaban J connectivity index is 1.51. The molecular formula is C18H21N7O2. The van der Waals surface area contributed by atoms with Gasteiger partial charge >= 0.3 is 0 Å². The van der Waals surface area contributed by atoms with Gasteiger partial charge in [-0.25, -0.2) is 14.5 Å². The number of carbonyl (C=O) groups excluding carboxylic acids is 1. The fourth-order valence-corrected chi connectivity index (χ4v) is 3.15. The van der Waals surface area contributed by atoms with E-state index in [0.29, 0.717) is 25.5 Å². The molecule has 9 heteroatoms. The average molecular weight is 367 g/mol. The minimum Gasteiger partial charge on any atom is -0.378 e. The highest BCUT2D eigenvalue weighted by atomic mass is 16.5. The monoisotopic (exact) mass is 367 g/mol. The molecule has 140 valence electrons. The fourth-order valence-electron chi connectivity index (χ4n) is 3.15. The third-order valence-electron chi connectivity index (χ3n) is 4.44. The second-order valence-corrected chi connectivity index (χ2v) is 6.45. The number of pyridine rings is 1. The van der Waals surface area contributed by atoms with Gasteiger partial charge in [0.1, 0.15) is 5.82 Å². The Hall–Kier alpha value is -3.07. The average Bonchev–Trinajstić information content (AvgIpc) is 3.11. The highest BCUT2D eigenvalue weighted by Gasteiger charge is 2.18. The van der Waals surface area contributed by atoms with Crippen LogP contribution < -0.4 is 10.2 Å². The molecule has 9 nitrogen and oxygen atoms in total. The summed E-state index contributed by atoms with van der Waals surface area (Å²) in [6.07, 6.45) is 1.76. The molecule has 1 fully saturated rings. The van der Waals surface area contributed by atoms with Crippen LogP contribution in [-0.2, 0) is 11.3 Å². The van der Waals surface area contributed by atoms with E-state index in [9.17, 15) is 4.79 Å². The van der Waals surface area contributed by atoms with E-state index in [1.165, 1.54) is 0 Å². The minimum absolute atomic E-state index is 0.105. The van der Waals surface area contributed by atoms with E-state index in [0.717, 1.165) is 35.9 Å². The molecule has 0 unspecified atom stereocenters. The SMILES string of the molecule is Cc1cc(C)n2nc(C(=O)NCc3cccnc3N3CCOCC3)nc2n1. The molecule has 0 atom stereocenters. The number of nitrogens with one attached hydrogen (secondary N) is 1. The fraction of sp³-hybridized carbons (Fsp3) is 0.389. The number of carbonyl (C=O) groups is 1. The molecule has 1 aliphatic rings. The number of fused-ring (bicyclic) bond motifs is 1. The second-order valence-electron chi connectivity index (χ2n) is 6.45. The van der Waals surface area contributed by atoms with Crippen molar-refractivity contribution in [2.24, 2.45) is 0 Å². The molecule has 1 saturated heterocycles. The first-order chi connectivity index (χ1) is 13.1. The topological polar surface area (TPSA) is 97.5 Å². The molecule has 0 aromatic carbocycles. The van der Waals surface area contributed by atoms with Crippen molar-refractivity contribution >= 4 is 17.5 Å². The van der Waals surface area contributed by atoms with Crippen molar-refractivity contribution < 1.29 is 9.53 Å². The number of hydrogen-bond acceptors (Lipinski definition) is 7. The van der Waals surface area contributed by atoms with Crippen molar-refractivity contribution in [3.05, 3.63) is 47.2 Å². The molecule has 3 aromatic heterocycles. The predicted octanol–water partition coefficient (Wildman–Crippen LogP) is 0.903. The molecule has 0 saturated carbocycles. The van der Waals surface area contributed by atoms with Gasteiger partial charge in [-0.1, -0.05) is 6.07 Å². The summed E-state index contributed by atoms with van der Waals surface area (Å²) < 4.78 is 6.97. The number of ether oxygens (including phenoxy) is 1. The lowest BCUT2D eigenvalue weighted by Gasteiger charge is -2.29. The van der Waals surface area contributed by atoms with E-state index in [4.69, 9.17) is 4.74 Å². The Morgan fingerprint density at radius 2 is 2.07 bits per heavy atom. The largest absolute Gasteiger partial charge is 0.378 e. The van der Waals surface area contributed by atoms with Gasteiger partial charge < -0.3 is 15.0 Å². The molecule has 4 rings (SSSR count). The maximum absolute atomic E-state index is 12.5. The van der Waals surface area contributed by atoms with E-state index in [1.807, 2.05) is 32.0 Å². The van der Waals surface area contributed by atoms with E-state index in [-0.39, 0.29) is 11.7 Å². The second kappa shape index (κ2) is 7.28. The van der Waals surface area contributed by atoms with Crippen LogP contribution in [0.3, 0.4) is 0 Å². The van der Waals surface area contributed by atoms with Crippen molar-refractivity contribution in [3.63, 3.8) is 0 Å². The third kappa shape index (κ3) is 3.59. The summed E-state index contributed by atoms with van der Waals surface area (Å²) in [6, 6.07) is 5.72. The molecular weight excluding hydrogens is 346 g/mol. The molecule has 0 spiro atoms. The summed E-state index contributed by atoms with van der Waals surface area (Å²) in [5.41, 5.74) is 2.66. The van der Waals surface area contributed by atoms with Crippen molar-refractivity contribution in [3.8, 4) is 0 Å². The summed E-state index contributed by atoms with van der Waals surface area (Å²) in [7, 11) is 0. The first-order valence-electron chi connectivity index (χ1n) is 8.87. The number of morpholine rings is 1. The number of hydrogen-bond donors (Lipinski definition) is 1. The van der Waals surface area contributed by atoms with Gasteiger partial charge in [-0.15, -0.1) is 5.10 Å². The lowest BCUT2D eigenvalue weighted by molar-refractivity contribution is 0.0940. The van der Waals surface area contributed by atoms with Gasteiger partial charge in [-0.05, 0) is 26.0 Å². The van der Waals surface area contributed by atoms with Crippen LogP contribution in [0.4, 0.5) is 5.82 Å². The normalized spacial score (nSPS) is 14.5. The molecule has 1 amide bonds. The summed E-state index contributed by atoms with van der Waals surface area (Å²) in [5, 5.41) is 7.15. The maximum atomic E-state index is 12.5. The Morgan fingerprint density at radius 1 is 1.26 bits per heavy atom. The van der Waals surface area contributed by atoms with E-state index in [2.05, 4.69) is 30.3 Å². The molecule has 1 aliphatic heterocycles. The quantitative estimate of drug-likeness (QED) is 0.732. The number of aromatic nitrogens is 5. The summed E-state index contributed by atoms with van der Waals surface area (Å²) in [6.45, 7) is 7.07. The number of nitrogens with zero attached hydrogens (tertiary/aromatic N) is 6.